The van der Waals surface area contributed by atoms with Crippen molar-refractivity contribution in [2.75, 3.05) is 0 Å². The van der Waals surface area contributed by atoms with Crippen molar-refractivity contribution in [1.29, 1.82) is 0 Å². The van der Waals surface area contributed by atoms with Gasteiger partial charge >= 0.3 is 11.9 Å². The molecule has 5 heteroatoms. The van der Waals surface area contributed by atoms with E-state index >= 15 is 0 Å². The maximum atomic E-state index is 10.2. The maximum absolute atomic E-state index is 10.2. The smallest absolute Gasteiger partial charge is 0.339 e. The van der Waals surface area contributed by atoms with E-state index in [1.54, 1.807) is 0 Å². The minimum absolute atomic E-state index is 1.18. The SMILES string of the molecule is CC1(C(=O)O)OC1C(=O)O. The van der Waals surface area contributed by atoms with Crippen LogP contribution in [0.5, 0.6) is 0 Å². The van der Waals surface area contributed by atoms with E-state index in [0.29, 0.717) is 0 Å². The first-order valence-electron chi connectivity index (χ1n) is 2.62. The van der Waals surface area contributed by atoms with E-state index in [0.717, 1.165) is 0 Å². The van der Waals surface area contributed by atoms with E-state index in [1.807, 2.05) is 0 Å². The first kappa shape index (κ1) is 7.01. The van der Waals surface area contributed by atoms with Crippen molar-refractivity contribution in [2.45, 2.75) is 18.6 Å². The van der Waals surface area contributed by atoms with Gasteiger partial charge in [0.2, 0.25) is 0 Å². The monoisotopic (exact) mass is 146 g/mol. The Hall–Kier alpha value is -1.10. The number of rotatable bonds is 2. The minimum atomic E-state index is -1.49. The predicted molar refractivity (Wildman–Crippen MR) is 28.5 cm³/mol. The van der Waals surface area contributed by atoms with Crippen molar-refractivity contribution in [3.05, 3.63) is 0 Å². The van der Waals surface area contributed by atoms with Crippen molar-refractivity contribution in [2.24, 2.45) is 0 Å². The second-order valence-electron chi connectivity index (χ2n) is 2.25. The molecule has 2 atom stereocenters. The molecular formula is C5H6O5. The highest BCUT2D eigenvalue weighted by Crippen LogP contribution is 2.36. The molecule has 56 valence electrons. The van der Waals surface area contributed by atoms with Crippen LogP contribution in [0.15, 0.2) is 0 Å². The molecule has 2 unspecified atom stereocenters. The Morgan fingerprint density at radius 1 is 1.50 bits per heavy atom. The third kappa shape index (κ3) is 0.750. The van der Waals surface area contributed by atoms with E-state index in [4.69, 9.17) is 10.2 Å². The van der Waals surface area contributed by atoms with Gasteiger partial charge in [-0.15, -0.1) is 0 Å². The lowest BCUT2D eigenvalue weighted by molar-refractivity contribution is -0.143. The van der Waals surface area contributed by atoms with Crippen molar-refractivity contribution in [3.8, 4) is 0 Å². The molecule has 0 radical (unpaired) electrons. The van der Waals surface area contributed by atoms with E-state index in [2.05, 4.69) is 4.74 Å². The van der Waals surface area contributed by atoms with Crippen LogP contribution in [0, 0.1) is 0 Å². The van der Waals surface area contributed by atoms with E-state index < -0.39 is 23.6 Å². The van der Waals surface area contributed by atoms with E-state index in [9.17, 15) is 9.59 Å². The molecule has 0 aromatic carbocycles. The third-order valence-corrected chi connectivity index (χ3v) is 1.45. The molecule has 0 aromatic heterocycles. The number of carbonyl (C=O) groups is 2. The second kappa shape index (κ2) is 1.69. The Labute approximate surface area is 56.2 Å². The number of aliphatic carboxylic acids is 2. The van der Waals surface area contributed by atoms with Crippen LogP contribution < -0.4 is 0 Å². The fraction of sp³-hybridized carbons (Fsp3) is 0.600. The number of epoxide rings is 1. The van der Waals surface area contributed by atoms with Gasteiger partial charge in [-0.05, 0) is 6.92 Å². The van der Waals surface area contributed by atoms with Crippen LogP contribution in [0.1, 0.15) is 6.92 Å². The molecule has 0 aliphatic carbocycles. The molecule has 1 heterocycles. The zero-order chi connectivity index (χ0) is 7.94. The van der Waals surface area contributed by atoms with Crippen LogP contribution in [0.4, 0.5) is 0 Å². The molecule has 1 rings (SSSR count). The highest BCUT2D eigenvalue weighted by Gasteiger charge is 2.63. The van der Waals surface area contributed by atoms with Crippen LogP contribution in [0.3, 0.4) is 0 Å². The molecular weight excluding hydrogens is 140 g/mol. The van der Waals surface area contributed by atoms with Crippen molar-refractivity contribution in [3.63, 3.8) is 0 Å². The summed E-state index contributed by atoms with van der Waals surface area (Å²) in [6, 6.07) is 0. The summed E-state index contributed by atoms with van der Waals surface area (Å²) in [5.41, 5.74) is -1.49. The number of carboxylic acid groups (broad SMARTS) is 2. The summed E-state index contributed by atoms with van der Waals surface area (Å²) in [4.78, 5) is 20.3. The summed E-state index contributed by atoms with van der Waals surface area (Å²) < 4.78 is 4.43. The Balaban J connectivity index is 2.65. The Bertz CT molecular complexity index is 198. The molecule has 2 N–H and O–H groups in total. The summed E-state index contributed by atoms with van der Waals surface area (Å²) in [7, 11) is 0. The van der Waals surface area contributed by atoms with Crippen molar-refractivity contribution >= 4 is 11.9 Å². The van der Waals surface area contributed by atoms with Crippen LogP contribution in [-0.2, 0) is 14.3 Å². The largest absolute Gasteiger partial charge is 0.479 e. The van der Waals surface area contributed by atoms with Gasteiger partial charge in [0, 0.05) is 0 Å². The second-order valence-corrected chi connectivity index (χ2v) is 2.25. The number of hydrogen-bond acceptors (Lipinski definition) is 3. The quantitative estimate of drug-likeness (QED) is 0.503. The predicted octanol–water partition coefficient (Wildman–Crippen LogP) is -0.687. The highest BCUT2D eigenvalue weighted by molar-refractivity contribution is 5.91. The van der Waals surface area contributed by atoms with Gasteiger partial charge in [0.1, 0.15) is 0 Å². The third-order valence-electron chi connectivity index (χ3n) is 1.45. The summed E-state index contributed by atoms with van der Waals surface area (Å²) in [5.74, 6) is -2.47. The van der Waals surface area contributed by atoms with Gasteiger partial charge in [0.25, 0.3) is 0 Å². The normalized spacial score (nSPS) is 37.1. The van der Waals surface area contributed by atoms with Crippen LogP contribution in [0.2, 0.25) is 0 Å². The number of hydrogen-bond donors (Lipinski definition) is 2. The minimum Gasteiger partial charge on any atom is -0.479 e. The van der Waals surface area contributed by atoms with Gasteiger partial charge in [-0.2, -0.15) is 0 Å². The molecule has 1 aliphatic rings. The molecule has 5 nitrogen and oxygen atoms in total. The first-order valence-corrected chi connectivity index (χ1v) is 2.62. The van der Waals surface area contributed by atoms with Crippen molar-refractivity contribution in [1.82, 2.24) is 0 Å². The molecule has 0 aromatic rings. The number of carboxylic acids is 2. The average molecular weight is 146 g/mol. The molecule has 0 amide bonds. The Morgan fingerprint density at radius 2 is 2.00 bits per heavy atom. The van der Waals surface area contributed by atoms with E-state index in [-0.39, 0.29) is 0 Å². The van der Waals surface area contributed by atoms with Crippen LogP contribution in [-0.4, -0.2) is 33.9 Å². The molecule has 0 saturated carbocycles. The molecule has 0 spiro atoms. The van der Waals surface area contributed by atoms with Gasteiger partial charge in [-0.3, -0.25) is 0 Å². The van der Waals surface area contributed by atoms with Gasteiger partial charge in [0.15, 0.2) is 11.7 Å². The first-order chi connectivity index (χ1) is 4.48. The summed E-state index contributed by atoms with van der Waals surface area (Å²) in [6.07, 6.45) is -1.18. The summed E-state index contributed by atoms with van der Waals surface area (Å²) >= 11 is 0. The molecule has 1 aliphatic heterocycles. The molecule has 0 bridgehead atoms. The fourth-order valence-corrected chi connectivity index (χ4v) is 0.659. The van der Waals surface area contributed by atoms with Crippen molar-refractivity contribution < 1.29 is 24.5 Å². The lowest BCUT2D eigenvalue weighted by Crippen LogP contribution is -2.26. The van der Waals surface area contributed by atoms with Gasteiger partial charge in [-0.1, -0.05) is 0 Å². The van der Waals surface area contributed by atoms with E-state index in [1.165, 1.54) is 6.92 Å². The topological polar surface area (TPSA) is 87.1 Å². The highest BCUT2D eigenvalue weighted by atomic mass is 16.6. The molecule has 1 fully saturated rings. The fourth-order valence-electron chi connectivity index (χ4n) is 0.659. The zero-order valence-corrected chi connectivity index (χ0v) is 5.20. The molecule has 1 saturated heterocycles. The van der Waals surface area contributed by atoms with Gasteiger partial charge < -0.3 is 14.9 Å². The Morgan fingerprint density at radius 3 is 2.10 bits per heavy atom. The zero-order valence-electron chi connectivity index (χ0n) is 5.20. The Kier molecular flexibility index (Phi) is 1.19. The van der Waals surface area contributed by atoms with Crippen LogP contribution in [0.25, 0.3) is 0 Å². The summed E-state index contributed by atoms with van der Waals surface area (Å²) in [6.45, 7) is 1.23. The van der Waals surface area contributed by atoms with Crippen LogP contribution >= 0.6 is 0 Å². The maximum Gasteiger partial charge on any atom is 0.339 e. The standard InChI is InChI=1S/C5H6O5/c1-5(4(8)9)2(10-5)3(6)7/h2H,1H3,(H,6,7)(H,8,9). The lowest BCUT2D eigenvalue weighted by Gasteiger charge is -1.93. The van der Waals surface area contributed by atoms with Gasteiger partial charge in [0.05, 0.1) is 0 Å². The molecule has 10 heavy (non-hydrogen) atoms. The summed E-state index contributed by atoms with van der Waals surface area (Å²) in [5, 5.41) is 16.6. The number of ether oxygens (including phenoxy) is 1. The van der Waals surface area contributed by atoms with Gasteiger partial charge in [-0.25, -0.2) is 9.59 Å². The average Bonchev–Trinajstić information content (AvgIpc) is 2.43. The lowest BCUT2D eigenvalue weighted by atomic mass is 10.1.